The SMILES string of the molecule is C=C1CCCC(C)(C)C(CO)C1CCC(C)=O. The van der Waals surface area contributed by atoms with Crippen molar-refractivity contribution in [3.63, 3.8) is 0 Å². The highest BCUT2D eigenvalue weighted by Crippen LogP contribution is 2.45. The Morgan fingerprint density at radius 2 is 2.18 bits per heavy atom. The Bertz CT molecular complexity index is 291. The fourth-order valence-electron chi connectivity index (χ4n) is 3.11. The van der Waals surface area contributed by atoms with E-state index in [9.17, 15) is 9.90 Å². The quantitative estimate of drug-likeness (QED) is 0.602. The molecule has 17 heavy (non-hydrogen) atoms. The second-order valence-electron chi connectivity index (χ2n) is 6.14. The van der Waals surface area contributed by atoms with Crippen LogP contribution in [0.2, 0.25) is 0 Å². The highest BCUT2D eigenvalue weighted by Gasteiger charge is 2.38. The summed E-state index contributed by atoms with van der Waals surface area (Å²) in [7, 11) is 0. The van der Waals surface area contributed by atoms with Gasteiger partial charge in [-0.3, -0.25) is 0 Å². The molecule has 2 unspecified atom stereocenters. The van der Waals surface area contributed by atoms with Gasteiger partial charge >= 0.3 is 0 Å². The molecule has 0 amide bonds. The van der Waals surface area contributed by atoms with Crippen molar-refractivity contribution in [2.75, 3.05) is 6.61 Å². The molecule has 2 heteroatoms. The van der Waals surface area contributed by atoms with Crippen LogP contribution in [-0.4, -0.2) is 17.5 Å². The lowest BCUT2D eigenvalue weighted by Gasteiger charge is -2.37. The molecule has 0 aliphatic heterocycles. The van der Waals surface area contributed by atoms with Crippen molar-refractivity contribution in [1.29, 1.82) is 0 Å². The normalized spacial score (nSPS) is 28.8. The van der Waals surface area contributed by atoms with Crippen LogP contribution < -0.4 is 0 Å². The summed E-state index contributed by atoms with van der Waals surface area (Å²) in [6.45, 7) is 10.5. The molecule has 0 aromatic heterocycles. The molecule has 98 valence electrons. The maximum absolute atomic E-state index is 11.1. The standard InChI is InChI=1S/C15H26O2/c1-11-6-5-9-15(3,4)14(10-16)13(11)8-7-12(2)17/h13-14,16H,1,5-10H2,2-4H3. The van der Waals surface area contributed by atoms with E-state index in [2.05, 4.69) is 20.4 Å². The number of aliphatic hydroxyl groups is 1. The number of rotatable bonds is 4. The zero-order chi connectivity index (χ0) is 13.1. The van der Waals surface area contributed by atoms with Gasteiger partial charge in [0.1, 0.15) is 5.78 Å². The first-order valence-corrected chi connectivity index (χ1v) is 6.66. The topological polar surface area (TPSA) is 37.3 Å². The van der Waals surface area contributed by atoms with E-state index in [1.807, 2.05) is 0 Å². The van der Waals surface area contributed by atoms with Gasteiger partial charge in [0.25, 0.3) is 0 Å². The minimum Gasteiger partial charge on any atom is -0.396 e. The van der Waals surface area contributed by atoms with Crippen molar-refractivity contribution >= 4 is 5.78 Å². The summed E-state index contributed by atoms with van der Waals surface area (Å²) in [5.74, 6) is 0.787. The van der Waals surface area contributed by atoms with Crippen LogP contribution in [0.4, 0.5) is 0 Å². The summed E-state index contributed by atoms with van der Waals surface area (Å²) in [4.78, 5) is 11.1. The summed E-state index contributed by atoms with van der Waals surface area (Å²) >= 11 is 0. The predicted molar refractivity (Wildman–Crippen MR) is 70.8 cm³/mol. The van der Waals surface area contributed by atoms with Crippen LogP contribution in [0.15, 0.2) is 12.2 Å². The molecule has 0 spiro atoms. The predicted octanol–water partition coefficient (Wildman–Crippen LogP) is 3.35. The largest absolute Gasteiger partial charge is 0.396 e. The molecule has 1 saturated carbocycles. The molecule has 1 N–H and O–H groups in total. The van der Waals surface area contributed by atoms with E-state index in [1.165, 1.54) is 5.57 Å². The molecule has 1 aliphatic rings. The van der Waals surface area contributed by atoms with E-state index in [1.54, 1.807) is 6.92 Å². The van der Waals surface area contributed by atoms with E-state index in [0.29, 0.717) is 12.3 Å². The Balaban J connectivity index is 2.84. The molecule has 0 aromatic carbocycles. The molecule has 0 aromatic rings. The average molecular weight is 238 g/mol. The molecule has 1 fully saturated rings. The number of ketones is 1. The molecule has 0 bridgehead atoms. The van der Waals surface area contributed by atoms with Crippen molar-refractivity contribution in [2.24, 2.45) is 17.3 Å². The summed E-state index contributed by atoms with van der Waals surface area (Å²) in [5.41, 5.74) is 1.38. The van der Waals surface area contributed by atoms with Gasteiger partial charge in [0.05, 0.1) is 0 Å². The van der Waals surface area contributed by atoms with Crippen molar-refractivity contribution in [3.05, 3.63) is 12.2 Å². The van der Waals surface area contributed by atoms with Crippen molar-refractivity contribution in [3.8, 4) is 0 Å². The van der Waals surface area contributed by atoms with Gasteiger partial charge in [-0.05, 0) is 49.9 Å². The van der Waals surface area contributed by atoms with E-state index in [0.717, 1.165) is 25.7 Å². The Labute approximate surface area is 105 Å². The number of allylic oxidation sites excluding steroid dienone is 1. The zero-order valence-electron chi connectivity index (χ0n) is 11.5. The molecule has 0 radical (unpaired) electrons. The number of Topliss-reactive ketones (excluding diaryl/α,β-unsaturated/α-hetero) is 1. The Morgan fingerprint density at radius 3 is 2.71 bits per heavy atom. The van der Waals surface area contributed by atoms with E-state index in [4.69, 9.17) is 0 Å². The fourth-order valence-corrected chi connectivity index (χ4v) is 3.11. The lowest BCUT2D eigenvalue weighted by molar-refractivity contribution is -0.117. The summed E-state index contributed by atoms with van der Waals surface area (Å²) in [5, 5.41) is 9.68. The number of hydrogen-bond donors (Lipinski definition) is 1. The van der Waals surface area contributed by atoms with Gasteiger partial charge < -0.3 is 9.90 Å². The first kappa shape index (κ1) is 14.4. The minimum atomic E-state index is 0.148. The monoisotopic (exact) mass is 238 g/mol. The minimum absolute atomic E-state index is 0.148. The number of hydrogen-bond acceptors (Lipinski definition) is 2. The Hall–Kier alpha value is -0.630. The smallest absolute Gasteiger partial charge is 0.129 e. The second-order valence-corrected chi connectivity index (χ2v) is 6.14. The second kappa shape index (κ2) is 5.81. The van der Waals surface area contributed by atoms with Gasteiger partial charge in [-0.15, -0.1) is 0 Å². The molecule has 2 nitrogen and oxygen atoms in total. The Kier molecular flexibility index (Phi) is 4.93. The third kappa shape index (κ3) is 3.67. The van der Waals surface area contributed by atoms with Crippen LogP contribution in [0.1, 0.15) is 52.9 Å². The van der Waals surface area contributed by atoms with Gasteiger partial charge in [0.15, 0.2) is 0 Å². The lowest BCUT2D eigenvalue weighted by atomic mass is 9.69. The molecule has 2 atom stereocenters. The van der Waals surface area contributed by atoms with Gasteiger partial charge in [-0.25, -0.2) is 0 Å². The lowest BCUT2D eigenvalue weighted by Crippen LogP contribution is -2.33. The van der Waals surface area contributed by atoms with Crippen molar-refractivity contribution < 1.29 is 9.90 Å². The first-order chi connectivity index (χ1) is 7.88. The van der Waals surface area contributed by atoms with Crippen LogP contribution >= 0.6 is 0 Å². The van der Waals surface area contributed by atoms with E-state index >= 15 is 0 Å². The molecular weight excluding hydrogens is 212 g/mol. The maximum atomic E-state index is 11.1. The zero-order valence-corrected chi connectivity index (χ0v) is 11.5. The van der Waals surface area contributed by atoms with Crippen LogP contribution in [-0.2, 0) is 4.79 Å². The number of carbonyl (C=O) groups excluding carboxylic acids is 1. The molecule has 0 saturated heterocycles. The van der Waals surface area contributed by atoms with Gasteiger partial charge in [-0.2, -0.15) is 0 Å². The van der Waals surface area contributed by atoms with Gasteiger partial charge in [-0.1, -0.05) is 26.0 Å². The third-order valence-electron chi connectivity index (χ3n) is 4.34. The fraction of sp³-hybridized carbons (Fsp3) is 0.800. The third-order valence-corrected chi connectivity index (χ3v) is 4.34. The Morgan fingerprint density at radius 1 is 1.53 bits per heavy atom. The summed E-state index contributed by atoms with van der Waals surface area (Å²) in [6, 6.07) is 0. The van der Waals surface area contributed by atoms with E-state index < -0.39 is 0 Å². The van der Waals surface area contributed by atoms with Crippen LogP contribution in [0.5, 0.6) is 0 Å². The van der Waals surface area contributed by atoms with Crippen LogP contribution in [0.3, 0.4) is 0 Å². The molecule has 1 rings (SSSR count). The number of carbonyl (C=O) groups is 1. The maximum Gasteiger partial charge on any atom is 0.129 e. The van der Waals surface area contributed by atoms with Crippen LogP contribution in [0.25, 0.3) is 0 Å². The molecule has 1 aliphatic carbocycles. The molecule has 0 heterocycles. The van der Waals surface area contributed by atoms with Gasteiger partial charge in [0.2, 0.25) is 0 Å². The van der Waals surface area contributed by atoms with E-state index in [-0.39, 0.29) is 23.7 Å². The summed E-state index contributed by atoms with van der Waals surface area (Å²) in [6.07, 6.45) is 4.79. The molecular formula is C15H26O2. The van der Waals surface area contributed by atoms with Crippen molar-refractivity contribution in [2.45, 2.75) is 52.9 Å². The number of aliphatic hydroxyl groups excluding tert-OH is 1. The summed E-state index contributed by atoms with van der Waals surface area (Å²) < 4.78 is 0. The van der Waals surface area contributed by atoms with Crippen molar-refractivity contribution in [1.82, 2.24) is 0 Å². The van der Waals surface area contributed by atoms with Crippen LogP contribution in [0, 0.1) is 17.3 Å². The first-order valence-electron chi connectivity index (χ1n) is 6.66. The van der Waals surface area contributed by atoms with Gasteiger partial charge in [0, 0.05) is 13.0 Å². The average Bonchev–Trinajstić information content (AvgIpc) is 2.32. The highest BCUT2D eigenvalue weighted by atomic mass is 16.3. The highest BCUT2D eigenvalue weighted by molar-refractivity contribution is 5.75.